The Morgan fingerprint density at radius 3 is 2.69 bits per heavy atom. The van der Waals surface area contributed by atoms with Gasteiger partial charge in [-0.3, -0.25) is 4.79 Å². The first-order chi connectivity index (χ1) is 15.3. The number of aliphatic carboxylic acids is 1. The largest absolute Gasteiger partial charge is 0.495 e. The van der Waals surface area contributed by atoms with Crippen LogP contribution in [-0.4, -0.2) is 33.9 Å². The number of carbonyl (C=O) groups excluding carboxylic acids is 1. The number of amides is 1. The van der Waals surface area contributed by atoms with Crippen LogP contribution in [0.2, 0.25) is 5.02 Å². The quantitative estimate of drug-likeness (QED) is 0.530. The van der Waals surface area contributed by atoms with Crippen LogP contribution in [0.5, 0.6) is 5.75 Å². The third-order valence-electron chi connectivity index (χ3n) is 4.80. The van der Waals surface area contributed by atoms with Gasteiger partial charge in [0.05, 0.1) is 18.3 Å². The summed E-state index contributed by atoms with van der Waals surface area (Å²) in [6.07, 6.45) is 2.44. The van der Waals surface area contributed by atoms with Crippen molar-refractivity contribution in [3.8, 4) is 5.75 Å². The van der Waals surface area contributed by atoms with Gasteiger partial charge in [-0.15, -0.1) is 0 Å². The number of nitrogens with zero attached hydrogens (tertiary/aromatic N) is 2. The zero-order chi connectivity index (χ0) is 23.0. The molecule has 3 aromatic rings. The Kier molecular flexibility index (Phi) is 5.54. The van der Waals surface area contributed by atoms with E-state index in [1.54, 1.807) is 12.1 Å². The van der Waals surface area contributed by atoms with Gasteiger partial charge in [0, 0.05) is 17.3 Å². The molecule has 0 spiro atoms. The van der Waals surface area contributed by atoms with Gasteiger partial charge in [-0.1, -0.05) is 17.7 Å². The molecule has 3 N–H and O–H groups in total. The van der Waals surface area contributed by atoms with Crippen LogP contribution in [-0.2, 0) is 4.79 Å². The molecule has 32 heavy (non-hydrogen) atoms. The monoisotopic (exact) mass is 460 g/mol. The number of carbonyl (C=O) groups is 2. The van der Waals surface area contributed by atoms with E-state index in [-0.39, 0.29) is 27.7 Å². The average Bonchev–Trinajstić information content (AvgIpc) is 3.17. The van der Waals surface area contributed by atoms with Gasteiger partial charge in [0.25, 0.3) is 5.91 Å². The van der Waals surface area contributed by atoms with E-state index in [1.165, 1.54) is 36.2 Å². The topological polar surface area (TPSA) is 105 Å². The fourth-order valence-electron chi connectivity index (χ4n) is 3.29. The lowest BCUT2D eigenvalue weighted by atomic mass is 10.0. The van der Waals surface area contributed by atoms with E-state index in [1.807, 2.05) is 0 Å². The van der Waals surface area contributed by atoms with E-state index >= 15 is 0 Å². The SMILES string of the molecule is COc1ccc(NC(=O)c2cnn3c2NC(C(=O)O)=C[C@@H]3c2ccc(F)cc2F)cc1Cl. The average molecular weight is 461 g/mol. The summed E-state index contributed by atoms with van der Waals surface area (Å²) in [5.74, 6) is -3.12. The van der Waals surface area contributed by atoms with E-state index in [0.29, 0.717) is 17.5 Å². The number of hydrogen-bond donors (Lipinski definition) is 3. The summed E-state index contributed by atoms with van der Waals surface area (Å²) in [4.78, 5) is 24.5. The van der Waals surface area contributed by atoms with E-state index in [4.69, 9.17) is 16.3 Å². The van der Waals surface area contributed by atoms with Crippen LogP contribution in [0.15, 0.2) is 54.4 Å². The minimum absolute atomic E-state index is 0.00936. The highest BCUT2D eigenvalue weighted by atomic mass is 35.5. The Labute approximate surface area is 185 Å². The maximum atomic E-state index is 14.4. The predicted octanol–water partition coefficient (Wildman–Crippen LogP) is 4.06. The molecule has 0 saturated carbocycles. The van der Waals surface area contributed by atoms with Crippen molar-refractivity contribution in [1.82, 2.24) is 9.78 Å². The molecular formula is C21H15ClF2N4O4. The number of halogens is 3. The summed E-state index contributed by atoms with van der Waals surface area (Å²) in [5, 5.41) is 19.2. The number of hydrogen-bond acceptors (Lipinski definition) is 5. The van der Waals surface area contributed by atoms with Crippen molar-refractivity contribution in [3.63, 3.8) is 0 Å². The molecule has 4 rings (SSSR count). The van der Waals surface area contributed by atoms with E-state index in [2.05, 4.69) is 15.7 Å². The number of carboxylic acids is 1. The second kappa shape index (κ2) is 8.31. The van der Waals surface area contributed by atoms with Gasteiger partial charge >= 0.3 is 5.97 Å². The first kappa shape index (κ1) is 21.3. The predicted molar refractivity (Wildman–Crippen MR) is 112 cm³/mol. The number of fused-ring (bicyclic) bond motifs is 1. The normalized spacial score (nSPS) is 14.8. The van der Waals surface area contributed by atoms with Crippen LogP contribution in [0.4, 0.5) is 20.3 Å². The summed E-state index contributed by atoms with van der Waals surface area (Å²) >= 11 is 6.08. The second-order valence-electron chi connectivity index (χ2n) is 6.78. The van der Waals surface area contributed by atoms with E-state index in [0.717, 1.165) is 6.07 Å². The number of carboxylic acid groups (broad SMARTS) is 1. The van der Waals surface area contributed by atoms with Crippen molar-refractivity contribution in [2.24, 2.45) is 0 Å². The number of anilines is 2. The van der Waals surface area contributed by atoms with Gasteiger partial charge in [-0.25, -0.2) is 18.3 Å². The summed E-state index contributed by atoms with van der Waals surface area (Å²) in [7, 11) is 1.46. The van der Waals surface area contributed by atoms with E-state index in [9.17, 15) is 23.5 Å². The van der Waals surface area contributed by atoms with E-state index < -0.39 is 29.6 Å². The van der Waals surface area contributed by atoms with Crippen molar-refractivity contribution in [2.45, 2.75) is 6.04 Å². The van der Waals surface area contributed by atoms with Gasteiger partial charge < -0.3 is 20.5 Å². The molecule has 0 unspecified atom stereocenters. The maximum absolute atomic E-state index is 14.4. The Morgan fingerprint density at radius 2 is 2.03 bits per heavy atom. The lowest BCUT2D eigenvalue weighted by Gasteiger charge is -2.24. The molecule has 2 heterocycles. The smallest absolute Gasteiger partial charge is 0.352 e. The van der Waals surface area contributed by atoms with Crippen molar-refractivity contribution < 1.29 is 28.2 Å². The number of allylic oxidation sites excluding steroid dienone is 1. The molecule has 0 saturated heterocycles. The standard InChI is InChI=1S/C21H15ClF2N4O4/c1-32-18-5-3-11(7-14(18)22)26-20(29)13-9-25-28-17(8-16(21(30)31)27-19(13)28)12-4-2-10(23)6-15(12)24/h2-9,17,27H,1H3,(H,26,29)(H,30,31)/t17-/m1/s1. The molecule has 1 aromatic heterocycles. The number of methoxy groups -OCH3 is 1. The third kappa shape index (κ3) is 3.87. The Bertz CT molecular complexity index is 1270. The second-order valence-corrected chi connectivity index (χ2v) is 7.18. The van der Waals surface area contributed by atoms with Crippen LogP contribution >= 0.6 is 11.6 Å². The molecule has 0 radical (unpaired) electrons. The molecule has 164 valence electrons. The van der Waals surface area contributed by atoms with Crippen LogP contribution in [0.25, 0.3) is 0 Å². The number of rotatable bonds is 5. The van der Waals surface area contributed by atoms with Crippen molar-refractivity contribution in [3.05, 3.63) is 82.2 Å². The highest BCUT2D eigenvalue weighted by molar-refractivity contribution is 6.32. The zero-order valence-electron chi connectivity index (χ0n) is 16.4. The lowest BCUT2D eigenvalue weighted by molar-refractivity contribution is -0.132. The van der Waals surface area contributed by atoms with Gasteiger partial charge in [0.1, 0.15) is 40.5 Å². The summed E-state index contributed by atoms with van der Waals surface area (Å²) in [6, 6.07) is 6.56. The lowest BCUT2D eigenvalue weighted by Crippen LogP contribution is -2.26. The molecule has 8 nitrogen and oxygen atoms in total. The van der Waals surface area contributed by atoms with Gasteiger partial charge in [-0.2, -0.15) is 5.10 Å². The molecule has 1 aliphatic rings. The fourth-order valence-corrected chi connectivity index (χ4v) is 3.55. The van der Waals surface area contributed by atoms with Crippen molar-refractivity contribution in [1.29, 1.82) is 0 Å². The first-order valence-corrected chi connectivity index (χ1v) is 9.55. The Morgan fingerprint density at radius 1 is 1.25 bits per heavy atom. The Balaban J connectivity index is 1.71. The molecule has 0 bridgehead atoms. The molecule has 1 amide bonds. The minimum atomic E-state index is -1.32. The van der Waals surface area contributed by atoms with Crippen molar-refractivity contribution in [2.75, 3.05) is 17.7 Å². The van der Waals surface area contributed by atoms with Gasteiger partial charge in [-0.05, 0) is 30.3 Å². The molecule has 1 aliphatic heterocycles. The number of aromatic nitrogens is 2. The highest BCUT2D eigenvalue weighted by Gasteiger charge is 2.31. The molecule has 0 fully saturated rings. The molecule has 2 aromatic carbocycles. The fraction of sp³-hybridized carbons (Fsp3) is 0.0952. The number of nitrogens with one attached hydrogen (secondary N) is 2. The molecular weight excluding hydrogens is 446 g/mol. The summed E-state index contributed by atoms with van der Waals surface area (Å²) in [6.45, 7) is 0. The zero-order valence-corrected chi connectivity index (χ0v) is 17.2. The van der Waals surface area contributed by atoms with Gasteiger partial charge in [0.15, 0.2) is 0 Å². The maximum Gasteiger partial charge on any atom is 0.352 e. The molecule has 1 atom stereocenters. The highest BCUT2D eigenvalue weighted by Crippen LogP contribution is 2.34. The Hall–Kier alpha value is -3.92. The van der Waals surface area contributed by atoms with Gasteiger partial charge in [0.2, 0.25) is 0 Å². The summed E-state index contributed by atoms with van der Waals surface area (Å²) in [5.41, 5.74) is 0.0844. The van der Waals surface area contributed by atoms with Crippen LogP contribution in [0.1, 0.15) is 22.0 Å². The molecule has 0 aliphatic carbocycles. The number of benzene rings is 2. The van der Waals surface area contributed by atoms with Crippen molar-refractivity contribution >= 4 is 35.0 Å². The minimum Gasteiger partial charge on any atom is -0.495 e. The summed E-state index contributed by atoms with van der Waals surface area (Å²) < 4.78 is 34.1. The third-order valence-corrected chi connectivity index (χ3v) is 5.10. The number of ether oxygens (including phenoxy) is 1. The van der Waals surface area contributed by atoms with Crippen LogP contribution in [0.3, 0.4) is 0 Å². The van der Waals surface area contributed by atoms with Crippen LogP contribution in [0, 0.1) is 11.6 Å². The van der Waals surface area contributed by atoms with Crippen LogP contribution < -0.4 is 15.4 Å². The first-order valence-electron chi connectivity index (χ1n) is 9.18. The molecule has 11 heteroatoms.